The molecule has 1 N–H and O–H groups in total. The molecule has 2 rings (SSSR count). The van der Waals surface area contributed by atoms with Gasteiger partial charge in [0.25, 0.3) is 0 Å². The third-order valence-corrected chi connectivity index (χ3v) is 3.58. The Labute approximate surface area is 131 Å². The van der Waals surface area contributed by atoms with Gasteiger partial charge in [0.2, 0.25) is 0 Å². The van der Waals surface area contributed by atoms with Crippen LogP contribution in [0.2, 0.25) is 0 Å². The maximum Gasteiger partial charge on any atom is 0.338 e. The van der Waals surface area contributed by atoms with E-state index in [0.717, 1.165) is 30.0 Å². The lowest BCUT2D eigenvalue weighted by Gasteiger charge is -2.09. The van der Waals surface area contributed by atoms with Crippen LogP contribution in [-0.2, 0) is 11.3 Å². The minimum atomic E-state index is -0.299. The lowest BCUT2D eigenvalue weighted by molar-refractivity contribution is 0.0526. The predicted molar refractivity (Wildman–Crippen MR) is 86.7 cm³/mol. The van der Waals surface area contributed by atoms with Crippen molar-refractivity contribution < 1.29 is 13.9 Å². The normalized spacial score (nSPS) is 12.1. The van der Waals surface area contributed by atoms with E-state index in [-0.39, 0.29) is 5.97 Å². The zero-order chi connectivity index (χ0) is 15.9. The van der Waals surface area contributed by atoms with Crippen molar-refractivity contribution in [1.29, 1.82) is 0 Å². The molecule has 4 nitrogen and oxygen atoms in total. The number of nitrogens with one attached hydrogen (secondary N) is 1. The first-order valence-corrected chi connectivity index (χ1v) is 7.73. The molecule has 1 aromatic heterocycles. The number of benzene rings is 1. The smallest absolute Gasteiger partial charge is 0.338 e. The summed E-state index contributed by atoms with van der Waals surface area (Å²) in [6, 6.07) is 11.7. The molecule has 0 aliphatic heterocycles. The van der Waals surface area contributed by atoms with Crippen LogP contribution in [0.1, 0.15) is 43.3 Å². The fourth-order valence-electron chi connectivity index (χ4n) is 2.03. The zero-order valence-electron chi connectivity index (χ0n) is 13.4. The molecule has 0 radical (unpaired) electrons. The summed E-state index contributed by atoms with van der Waals surface area (Å²) in [5, 5.41) is 3.40. The van der Waals surface area contributed by atoms with Crippen molar-refractivity contribution in [1.82, 2.24) is 5.32 Å². The van der Waals surface area contributed by atoms with E-state index in [9.17, 15) is 4.79 Å². The van der Waals surface area contributed by atoms with Gasteiger partial charge in [-0.25, -0.2) is 4.79 Å². The van der Waals surface area contributed by atoms with Gasteiger partial charge in [-0.05, 0) is 44.5 Å². The van der Waals surface area contributed by atoms with Crippen molar-refractivity contribution in [3.05, 3.63) is 47.7 Å². The number of carbonyl (C=O) groups excluding carboxylic acids is 1. The first-order valence-electron chi connectivity index (χ1n) is 7.73. The molecule has 2 aromatic rings. The third kappa shape index (κ3) is 4.21. The molecule has 0 fully saturated rings. The third-order valence-electron chi connectivity index (χ3n) is 3.58. The molecule has 0 amide bonds. The van der Waals surface area contributed by atoms with Gasteiger partial charge in [0, 0.05) is 11.6 Å². The van der Waals surface area contributed by atoms with E-state index >= 15 is 0 Å². The number of rotatable bonds is 7. The average Bonchev–Trinajstić information content (AvgIpc) is 3.02. The summed E-state index contributed by atoms with van der Waals surface area (Å²) in [6.45, 7) is 7.19. The van der Waals surface area contributed by atoms with Crippen molar-refractivity contribution in [2.24, 2.45) is 0 Å². The molecule has 0 unspecified atom stereocenters. The van der Waals surface area contributed by atoms with Crippen LogP contribution >= 0.6 is 0 Å². The molecule has 0 saturated carbocycles. The van der Waals surface area contributed by atoms with E-state index in [1.165, 1.54) is 0 Å². The number of furan rings is 1. The van der Waals surface area contributed by atoms with E-state index in [4.69, 9.17) is 9.15 Å². The van der Waals surface area contributed by atoms with E-state index in [0.29, 0.717) is 18.2 Å². The van der Waals surface area contributed by atoms with Crippen molar-refractivity contribution in [2.45, 2.75) is 39.8 Å². The quantitative estimate of drug-likeness (QED) is 0.785. The molecule has 0 spiro atoms. The van der Waals surface area contributed by atoms with Crippen LogP contribution in [0.25, 0.3) is 11.3 Å². The SMILES string of the molecule is CCOC(=O)c1ccc(-c2ccc(CN[C@H](C)CC)o2)cc1. The van der Waals surface area contributed by atoms with Crippen molar-refractivity contribution in [2.75, 3.05) is 6.61 Å². The summed E-state index contributed by atoms with van der Waals surface area (Å²) in [5.74, 6) is 1.41. The van der Waals surface area contributed by atoms with Crippen LogP contribution in [0.4, 0.5) is 0 Å². The van der Waals surface area contributed by atoms with Crippen molar-refractivity contribution in [3.8, 4) is 11.3 Å². The summed E-state index contributed by atoms with van der Waals surface area (Å²) in [4.78, 5) is 11.6. The van der Waals surface area contributed by atoms with Gasteiger partial charge in [0.05, 0.1) is 18.7 Å². The highest BCUT2D eigenvalue weighted by Gasteiger charge is 2.09. The second-order valence-electron chi connectivity index (χ2n) is 5.25. The summed E-state index contributed by atoms with van der Waals surface area (Å²) >= 11 is 0. The number of ether oxygens (including phenoxy) is 1. The Morgan fingerprint density at radius 1 is 1.18 bits per heavy atom. The average molecular weight is 301 g/mol. The number of hydrogen-bond acceptors (Lipinski definition) is 4. The summed E-state index contributed by atoms with van der Waals surface area (Å²) in [7, 11) is 0. The Morgan fingerprint density at radius 3 is 2.55 bits per heavy atom. The first kappa shape index (κ1) is 16.3. The second-order valence-corrected chi connectivity index (χ2v) is 5.25. The Balaban J connectivity index is 2.03. The van der Waals surface area contributed by atoms with Gasteiger partial charge in [-0.1, -0.05) is 19.1 Å². The van der Waals surface area contributed by atoms with E-state index in [1.54, 1.807) is 19.1 Å². The van der Waals surface area contributed by atoms with Crippen LogP contribution in [-0.4, -0.2) is 18.6 Å². The maximum absolute atomic E-state index is 11.6. The predicted octanol–water partition coefficient (Wildman–Crippen LogP) is 4.01. The Bertz CT molecular complexity index is 601. The van der Waals surface area contributed by atoms with Crippen molar-refractivity contribution in [3.63, 3.8) is 0 Å². The van der Waals surface area contributed by atoms with Crippen molar-refractivity contribution >= 4 is 5.97 Å². The summed E-state index contributed by atoms with van der Waals surface area (Å²) in [6.07, 6.45) is 1.09. The molecular weight excluding hydrogens is 278 g/mol. The summed E-state index contributed by atoms with van der Waals surface area (Å²) in [5.41, 5.74) is 1.50. The molecule has 1 atom stereocenters. The molecule has 0 aliphatic carbocycles. The number of carbonyl (C=O) groups is 1. The summed E-state index contributed by atoms with van der Waals surface area (Å²) < 4.78 is 10.8. The monoisotopic (exact) mass is 301 g/mol. The number of esters is 1. The number of hydrogen-bond donors (Lipinski definition) is 1. The lowest BCUT2D eigenvalue weighted by atomic mass is 10.1. The van der Waals surface area contributed by atoms with Gasteiger partial charge in [-0.15, -0.1) is 0 Å². The molecule has 0 saturated heterocycles. The van der Waals surface area contributed by atoms with Crippen LogP contribution < -0.4 is 5.32 Å². The Hall–Kier alpha value is -2.07. The van der Waals surface area contributed by atoms with E-state index < -0.39 is 0 Å². The molecule has 4 heteroatoms. The molecular formula is C18H23NO3. The highest BCUT2D eigenvalue weighted by Crippen LogP contribution is 2.23. The van der Waals surface area contributed by atoms with Gasteiger partial charge in [-0.3, -0.25) is 0 Å². The minimum absolute atomic E-state index is 0.299. The topological polar surface area (TPSA) is 51.5 Å². The van der Waals surface area contributed by atoms with Crippen LogP contribution in [0.5, 0.6) is 0 Å². The lowest BCUT2D eigenvalue weighted by Crippen LogP contribution is -2.24. The highest BCUT2D eigenvalue weighted by molar-refractivity contribution is 5.89. The van der Waals surface area contributed by atoms with Crippen LogP contribution in [0.15, 0.2) is 40.8 Å². The molecule has 0 bridgehead atoms. The Kier molecular flexibility index (Phi) is 5.78. The van der Waals surface area contributed by atoms with Gasteiger partial charge in [-0.2, -0.15) is 0 Å². The van der Waals surface area contributed by atoms with Gasteiger partial charge in [0.15, 0.2) is 0 Å². The van der Waals surface area contributed by atoms with Gasteiger partial charge in [0.1, 0.15) is 11.5 Å². The van der Waals surface area contributed by atoms with Gasteiger partial charge >= 0.3 is 5.97 Å². The molecule has 1 aromatic carbocycles. The molecule has 1 heterocycles. The fourth-order valence-corrected chi connectivity index (χ4v) is 2.03. The standard InChI is InChI=1S/C18H23NO3/c1-4-13(3)19-12-16-10-11-17(22-16)14-6-8-15(9-7-14)18(20)21-5-2/h6-11,13,19H,4-5,12H2,1-3H3/t13-/m1/s1. The van der Waals surface area contributed by atoms with E-state index in [1.807, 2.05) is 24.3 Å². The molecule has 22 heavy (non-hydrogen) atoms. The second kappa shape index (κ2) is 7.80. The van der Waals surface area contributed by atoms with E-state index in [2.05, 4.69) is 19.2 Å². The van der Waals surface area contributed by atoms with Gasteiger partial charge < -0.3 is 14.5 Å². The fraction of sp³-hybridized carbons (Fsp3) is 0.389. The Morgan fingerprint density at radius 2 is 1.91 bits per heavy atom. The largest absolute Gasteiger partial charge is 0.462 e. The molecule has 118 valence electrons. The highest BCUT2D eigenvalue weighted by atomic mass is 16.5. The molecule has 0 aliphatic rings. The minimum Gasteiger partial charge on any atom is -0.462 e. The van der Waals surface area contributed by atoms with Crippen LogP contribution in [0, 0.1) is 0 Å². The van der Waals surface area contributed by atoms with Crippen LogP contribution in [0.3, 0.4) is 0 Å². The maximum atomic E-state index is 11.6. The first-order chi connectivity index (χ1) is 10.6. The zero-order valence-corrected chi connectivity index (χ0v) is 13.4.